The number of nitrogens with zero attached hydrogens (tertiary/aromatic N) is 5. The molecule has 3 aromatic heterocycles. The number of aryl methyl sites for hydroxylation is 1. The first-order chi connectivity index (χ1) is 14.6. The van der Waals surface area contributed by atoms with Gasteiger partial charge >= 0.3 is 0 Å². The number of nitrogens with one attached hydrogen (secondary N) is 3. The molecular weight excluding hydrogens is 380 g/mol. The summed E-state index contributed by atoms with van der Waals surface area (Å²) in [4.78, 5) is 25.7. The SMILES string of the molecule is CNC(=O)c1nc2c(NCC3(C#N)CCNCC3)nc(-c3ccncc3)cn2c1C. The first-order valence-corrected chi connectivity index (χ1v) is 9.95. The third-order valence-corrected chi connectivity index (χ3v) is 5.66. The molecule has 30 heavy (non-hydrogen) atoms. The number of fused-ring (bicyclic) bond motifs is 1. The number of carbonyl (C=O) groups is 1. The molecule has 3 aromatic rings. The zero-order valence-electron chi connectivity index (χ0n) is 17.1. The molecule has 1 amide bonds. The number of nitriles is 1. The van der Waals surface area contributed by atoms with Gasteiger partial charge in [-0.2, -0.15) is 5.26 Å². The lowest BCUT2D eigenvalue weighted by Crippen LogP contribution is -2.40. The number of rotatable bonds is 5. The van der Waals surface area contributed by atoms with Crippen LogP contribution in [0.2, 0.25) is 0 Å². The highest BCUT2D eigenvalue weighted by Gasteiger charge is 2.32. The van der Waals surface area contributed by atoms with Crippen LogP contribution in [-0.4, -0.2) is 51.9 Å². The van der Waals surface area contributed by atoms with Gasteiger partial charge in [-0.25, -0.2) is 9.97 Å². The van der Waals surface area contributed by atoms with Crippen molar-refractivity contribution in [3.63, 3.8) is 0 Å². The molecule has 9 nitrogen and oxygen atoms in total. The number of pyridine rings is 1. The molecule has 0 aromatic carbocycles. The second kappa shape index (κ2) is 8.08. The van der Waals surface area contributed by atoms with E-state index in [9.17, 15) is 10.1 Å². The van der Waals surface area contributed by atoms with Crippen molar-refractivity contribution >= 4 is 17.4 Å². The maximum atomic E-state index is 12.3. The van der Waals surface area contributed by atoms with Crippen LogP contribution in [0.3, 0.4) is 0 Å². The third-order valence-electron chi connectivity index (χ3n) is 5.66. The molecule has 0 atom stereocenters. The van der Waals surface area contributed by atoms with Crippen LogP contribution >= 0.6 is 0 Å². The van der Waals surface area contributed by atoms with E-state index < -0.39 is 5.41 Å². The number of hydrogen-bond acceptors (Lipinski definition) is 7. The number of carbonyl (C=O) groups excluding carboxylic acids is 1. The predicted molar refractivity (Wildman–Crippen MR) is 113 cm³/mol. The molecule has 3 N–H and O–H groups in total. The average molecular weight is 404 g/mol. The summed E-state index contributed by atoms with van der Waals surface area (Å²) < 4.78 is 1.87. The molecule has 0 saturated carbocycles. The Kier molecular flexibility index (Phi) is 5.33. The summed E-state index contributed by atoms with van der Waals surface area (Å²) in [5, 5.41) is 19.1. The van der Waals surface area contributed by atoms with Crippen molar-refractivity contribution in [3.05, 3.63) is 42.1 Å². The molecule has 9 heteroatoms. The third kappa shape index (κ3) is 3.57. The van der Waals surface area contributed by atoms with E-state index in [1.807, 2.05) is 29.7 Å². The highest BCUT2D eigenvalue weighted by Crippen LogP contribution is 2.30. The van der Waals surface area contributed by atoms with Crippen molar-refractivity contribution in [1.29, 1.82) is 5.26 Å². The normalized spacial score (nSPS) is 15.5. The van der Waals surface area contributed by atoms with E-state index in [0.29, 0.717) is 23.7 Å². The summed E-state index contributed by atoms with van der Waals surface area (Å²) in [6.07, 6.45) is 6.84. The maximum Gasteiger partial charge on any atom is 0.271 e. The zero-order chi connectivity index (χ0) is 21.1. The van der Waals surface area contributed by atoms with E-state index in [1.54, 1.807) is 19.4 Å². The van der Waals surface area contributed by atoms with E-state index in [2.05, 4.69) is 32.0 Å². The summed E-state index contributed by atoms with van der Waals surface area (Å²) in [5.41, 5.74) is 2.81. The fraction of sp³-hybridized carbons (Fsp3) is 0.381. The number of amides is 1. The molecule has 154 valence electrons. The average Bonchev–Trinajstić information content (AvgIpc) is 3.14. The van der Waals surface area contributed by atoms with Crippen LogP contribution in [0.1, 0.15) is 29.0 Å². The molecule has 0 aliphatic carbocycles. The summed E-state index contributed by atoms with van der Waals surface area (Å²) in [7, 11) is 1.58. The van der Waals surface area contributed by atoms with E-state index in [0.717, 1.165) is 42.9 Å². The highest BCUT2D eigenvalue weighted by atomic mass is 16.1. The molecule has 1 aliphatic heterocycles. The Bertz CT molecular complexity index is 1110. The molecule has 4 heterocycles. The van der Waals surface area contributed by atoms with Gasteiger partial charge in [-0.05, 0) is 45.0 Å². The standard InChI is InChI=1S/C21H24N8O/c1-14-17(20(30)23-2)28-19-18(26-13-21(12-22)5-9-25-10-6-21)27-16(11-29(14)19)15-3-7-24-8-4-15/h3-4,7-8,11,25H,5-6,9-10,13H2,1-2H3,(H,23,30)(H,26,27). The van der Waals surface area contributed by atoms with Crippen LogP contribution in [0.25, 0.3) is 16.9 Å². The smallest absolute Gasteiger partial charge is 0.271 e. The van der Waals surface area contributed by atoms with Crippen molar-refractivity contribution in [3.8, 4) is 17.3 Å². The molecule has 0 spiro atoms. The fourth-order valence-corrected chi connectivity index (χ4v) is 3.76. The van der Waals surface area contributed by atoms with Crippen molar-refractivity contribution in [2.45, 2.75) is 19.8 Å². The van der Waals surface area contributed by atoms with E-state index in [4.69, 9.17) is 4.98 Å². The van der Waals surface area contributed by atoms with Crippen LogP contribution < -0.4 is 16.0 Å². The van der Waals surface area contributed by atoms with Crippen molar-refractivity contribution in [1.82, 2.24) is 30.0 Å². The van der Waals surface area contributed by atoms with Gasteiger partial charge in [0, 0.05) is 37.7 Å². The van der Waals surface area contributed by atoms with Gasteiger partial charge in [-0.15, -0.1) is 0 Å². The molecular formula is C21H24N8O. The Labute approximate surface area is 174 Å². The van der Waals surface area contributed by atoms with Crippen LogP contribution in [-0.2, 0) is 0 Å². The van der Waals surface area contributed by atoms with Gasteiger partial charge in [0.25, 0.3) is 5.91 Å². The molecule has 1 aliphatic rings. The number of imidazole rings is 1. The minimum Gasteiger partial charge on any atom is -0.365 e. The Balaban J connectivity index is 1.79. The number of hydrogen-bond donors (Lipinski definition) is 3. The first kappa shape index (κ1) is 19.8. The molecule has 0 bridgehead atoms. The Hall–Kier alpha value is -3.51. The van der Waals surface area contributed by atoms with Gasteiger partial charge < -0.3 is 16.0 Å². The van der Waals surface area contributed by atoms with Crippen molar-refractivity contribution in [2.24, 2.45) is 5.41 Å². The lowest BCUT2D eigenvalue weighted by Gasteiger charge is -2.31. The van der Waals surface area contributed by atoms with E-state index in [-0.39, 0.29) is 5.91 Å². The van der Waals surface area contributed by atoms with Gasteiger partial charge in [0.05, 0.1) is 22.9 Å². The highest BCUT2D eigenvalue weighted by molar-refractivity contribution is 5.94. The van der Waals surface area contributed by atoms with Gasteiger partial charge in [0.1, 0.15) is 5.69 Å². The Morgan fingerprint density at radius 3 is 2.70 bits per heavy atom. The van der Waals surface area contributed by atoms with E-state index in [1.165, 1.54) is 0 Å². The summed E-state index contributed by atoms with van der Waals surface area (Å²) in [5.74, 6) is 0.301. The second-order valence-corrected chi connectivity index (χ2v) is 7.52. The van der Waals surface area contributed by atoms with Gasteiger partial charge in [0.15, 0.2) is 11.5 Å². The minimum absolute atomic E-state index is 0.250. The van der Waals surface area contributed by atoms with Crippen LogP contribution in [0.5, 0.6) is 0 Å². The fourth-order valence-electron chi connectivity index (χ4n) is 3.76. The van der Waals surface area contributed by atoms with Gasteiger partial charge in [0.2, 0.25) is 0 Å². The predicted octanol–water partition coefficient (Wildman–Crippen LogP) is 1.76. The maximum absolute atomic E-state index is 12.3. The Morgan fingerprint density at radius 2 is 2.03 bits per heavy atom. The van der Waals surface area contributed by atoms with Crippen LogP contribution in [0.4, 0.5) is 5.82 Å². The van der Waals surface area contributed by atoms with E-state index >= 15 is 0 Å². The lowest BCUT2D eigenvalue weighted by molar-refractivity contribution is 0.0958. The quantitative estimate of drug-likeness (QED) is 0.593. The van der Waals surface area contributed by atoms with Gasteiger partial charge in [-0.1, -0.05) is 0 Å². The monoisotopic (exact) mass is 404 g/mol. The summed E-state index contributed by atoms with van der Waals surface area (Å²) in [6, 6.07) is 6.26. The summed E-state index contributed by atoms with van der Waals surface area (Å²) in [6.45, 7) is 3.96. The molecule has 0 unspecified atom stereocenters. The lowest BCUT2D eigenvalue weighted by atomic mass is 9.80. The topological polar surface area (TPSA) is 120 Å². The van der Waals surface area contributed by atoms with Crippen LogP contribution in [0.15, 0.2) is 30.7 Å². The largest absolute Gasteiger partial charge is 0.365 e. The van der Waals surface area contributed by atoms with Gasteiger partial charge in [-0.3, -0.25) is 14.2 Å². The minimum atomic E-state index is -0.456. The van der Waals surface area contributed by atoms with Crippen molar-refractivity contribution in [2.75, 3.05) is 32.0 Å². The van der Waals surface area contributed by atoms with Crippen molar-refractivity contribution < 1.29 is 4.79 Å². The molecule has 0 radical (unpaired) electrons. The number of aromatic nitrogens is 4. The first-order valence-electron chi connectivity index (χ1n) is 9.95. The molecule has 1 saturated heterocycles. The molecule has 4 rings (SSSR count). The van der Waals surface area contributed by atoms with Crippen LogP contribution in [0, 0.1) is 23.7 Å². The molecule has 1 fully saturated rings. The second-order valence-electron chi connectivity index (χ2n) is 7.52. The Morgan fingerprint density at radius 1 is 1.30 bits per heavy atom. The summed E-state index contributed by atoms with van der Waals surface area (Å²) >= 11 is 0. The zero-order valence-corrected chi connectivity index (χ0v) is 17.1. The number of piperidine rings is 1. The number of anilines is 1.